The van der Waals surface area contributed by atoms with Gasteiger partial charge in [-0.1, -0.05) is 27.7 Å². The van der Waals surface area contributed by atoms with Crippen LogP contribution in [0.25, 0.3) is 0 Å². The molecular weight excluding hydrogens is 282 g/mol. The molecule has 0 aromatic rings. The van der Waals surface area contributed by atoms with Crippen molar-refractivity contribution in [2.75, 3.05) is 6.54 Å². The van der Waals surface area contributed by atoms with Crippen LogP contribution in [0.3, 0.4) is 0 Å². The highest BCUT2D eigenvalue weighted by atomic mass is 16.2. The maximum absolute atomic E-state index is 12.1. The minimum absolute atomic E-state index is 0.0218. The molecule has 5 nitrogen and oxygen atoms in total. The number of nitrogens with zero attached hydrogens (tertiary/aromatic N) is 1. The van der Waals surface area contributed by atoms with Gasteiger partial charge in [0.15, 0.2) is 0 Å². The van der Waals surface area contributed by atoms with E-state index in [4.69, 9.17) is 0 Å². The molecule has 0 N–H and O–H groups in total. The van der Waals surface area contributed by atoms with Crippen molar-refractivity contribution in [3.8, 4) is 0 Å². The van der Waals surface area contributed by atoms with E-state index in [-0.39, 0.29) is 60.4 Å². The van der Waals surface area contributed by atoms with E-state index in [1.165, 1.54) is 4.90 Å². The Balaban J connectivity index is 2.32. The second-order valence-corrected chi connectivity index (χ2v) is 6.70. The van der Waals surface area contributed by atoms with Crippen molar-refractivity contribution in [3.05, 3.63) is 0 Å². The molecule has 0 aromatic heterocycles. The van der Waals surface area contributed by atoms with Crippen molar-refractivity contribution in [3.63, 3.8) is 0 Å². The second kappa shape index (κ2) is 8.20. The molecule has 1 heterocycles. The van der Waals surface area contributed by atoms with E-state index in [1.54, 1.807) is 0 Å². The van der Waals surface area contributed by atoms with E-state index >= 15 is 0 Å². The molecule has 5 heteroatoms. The first-order valence-corrected chi connectivity index (χ1v) is 8.12. The van der Waals surface area contributed by atoms with E-state index in [1.807, 2.05) is 27.7 Å². The van der Waals surface area contributed by atoms with Crippen LogP contribution in [-0.4, -0.2) is 34.8 Å². The van der Waals surface area contributed by atoms with Crippen LogP contribution in [0.5, 0.6) is 0 Å². The summed E-state index contributed by atoms with van der Waals surface area (Å²) < 4.78 is 0. The zero-order valence-corrected chi connectivity index (χ0v) is 14.1. The fraction of sp³-hybridized carbons (Fsp3) is 0.765. The molecule has 1 rings (SSSR count). The van der Waals surface area contributed by atoms with Crippen LogP contribution in [0.1, 0.15) is 59.8 Å². The quantitative estimate of drug-likeness (QED) is 0.613. The first kappa shape index (κ1) is 18.5. The molecule has 1 fully saturated rings. The van der Waals surface area contributed by atoms with Crippen LogP contribution in [0.2, 0.25) is 0 Å². The number of imide groups is 1. The minimum Gasteiger partial charge on any atom is -0.300 e. The molecule has 1 aliphatic rings. The number of hydrogen-bond donors (Lipinski definition) is 0. The lowest BCUT2D eigenvalue weighted by atomic mass is 9.94. The van der Waals surface area contributed by atoms with Gasteiger partial charge in [0, 0.05) is 44.1 Å². The van der Waals surface area contributed by atoms with Crippen molar-refractivity contribution in [1.29, 1.82) is 0 Å². The summed E-state index contributed by atoms with van der Waals surface area (Å²) in [6.45, 7) is 7.83. The summed E-state index contributed by atoms with van der Waals surface area (Å²) >= 11 is 0. The third-order valence-electron chi connectivity index (χ3n) is 4.22. The first-order chi connectivity index (χ1) is 10.2. The molecule has 0 saturated carbocycles. The number of Topliss-reactive ketones (excluding diaryl/α,β-unsaturated/α-hetero) is 2. The first-order valence-electron chi connectivity index (χ1n) is 8.12. The maximum Gasteiger partial charge on any atom is 0.233 e. The molecule has 0 bridgehead atoms. The lowest BCUT2D eigenvalue weighted by molar-refractivity contribution is -0.140. The zero-order chi connectivity index (χ0) is 16.9. The summed E-state index contributed by atoms with van der Waals surface area (Å²) in [4.78, 5) is 48.4. The normalized spacial score (nSPS) is 18.6. The Morgan fingerprint density at radius 2 is 1.73 bits per heavy atom. The van der Waals surface area contributed by atoms with Gasteiger partial charge in [-0.05, 0) is 12.3 Å². The highest BCUT2D eigenvalue weighted by molar-refractivity contribution is 6.03. The van der Waals surface area contributed by atoms with Gasteiger partial charge in [0.05, 0.1) is 0 Å². The zero-order valence-electron chi connectivity index (χ0n) is 14.1. The predicted octanol–water partition coefficient (Wildman–Crippen LogP) is 2.37. The van der Waals surface area contributed by atoms with Crippen molar-refractivity contribution in [2.45, 2.75) is 59.8 Å². The largest absolute Gasteiger partial charge is 0.300 e. The van der Waals surface area contributed by atoms with E-state index in [9.17, 15) is 19.2 Å². The monoisotopic (exact) mass is 309 g/mol. The highest BCUT2D eigenvalue weighted by Crippen LogP contribution is 2.26. The molecular formula is C17H27NO4. The third-order valence-corrected chi connectivity index (χ3v) is 4.22. The smallest absolute Gasteiger partial charge is 0.233 e. The Morgan fingerprint density at radius 1 is 1.09 bits per heavy atom. The summed E-state index contributed by atoms with van der Waals surface area (Å²) in [5.41, 5.74) is 0. The molecule has 0 aliphatic carbocycles. The summed E-state index contributed by atoms with van der Waals surface area (Å²) in [5, 5.41) is 0. The molecule has 0 aromatic carbocycles. The van der Waals surface area contributed by atoms with Gasteiger partial charge in [-0.2, -0.15) is 0 Å². The average Bonchev–Trinajstić information content (AvgIpc) is 2.72. The van der Waals surface area contributed by atoms with Gasteiger partial charge in [-0.3, -0.25) is 24.1 Å². The number of ketones is 2. The van der Waals surface area contributed by atoms with Crippen molar-refractivity contribution in [2.24, 2.45) is 17.8 Å². The van der Waals surface area contributed by atoms with E-state index in [0.29, 0.717) is 19.4 Å². The summed E-state index contributed by atoms with van der Waals surface area (Å²) in [7, 11) is 0. The summed E-state index contributed by atoms with van der Waals surface area (Å²) in [6.07, 6.45) is 1.63. The average molecular weight is 309 g/mol. The van der Waals surface area contributed by atoms with Crippen molar-refractivity contribution >= 4 is 23.4 Å². The number of likely N-dealkylation sites (tertiary alicyclic amines) is 1. The number of rotatable bonds is 9. The molecule has 1 unspecified atom stereocenters. The van der Waals surface area contributed by atoms with Gasteiger partial charge in [0.25, 0.3) is 0 Å². The van der Waals surface area contributed by atoms with Crippen LogP contribution in [0.15, 0.2) is 0 Å². The lowest BCUT2D eigenvalue weighted by Crippen LogP contribution is -2.32. The predicted molar refractivity (Wildman–Crippen MR) is 83.0 cm³/mol. The van der Waals surface area contributed by atoms with Crippen LogP contribution in [0.4, 0.5) is 0 Å². The fourth-order valence-electron chi connectivity index (χ4n) is 2.58. The van der Waals surface area contributed by atoms with Gasteiger partial charge >= 0.3 is 0 Å². The van der Waals surface area contributed by atoms with Crippen LogP contribution < -0.4 is 0 Å². The van der Waals surface area contributed by atoms with Gasteiger partial charge in [0.1, 0.15) is 11.6 Å². The molecule has 0 radical (unpaired) electrons. The molecule has 1 aliphatic heterocycles. The molecule has 22 heavy (non-hydrogen) atoms. The highest BCUT2D eigenvalue weighted by Gasteiger charge is 2.39. The molecule has 0 spiro atoms. The van der Waals surface area contributed by atoms with Gasteiger partial charge in [-0.25, -0.2) is 0 Å². The number of amides is 2. The van der Waals surface area contributed by atoms with Gasteiger partial charge < -0.3 is 0 Å². The Hall–Kier alpha value is -1.52. The molecule has 2 amide bonds. The molecule has 124 valence electrons. The van der Waals surface area contributed by atoms with Crippen LogP contribution in [-0.2, 0) is 19.2 Å². The SMILES string of the molecule is CC(C)C(=O)CCC(=O)CCCN1C(=O)CC(C(C)C)C1=O. The number of hydrogen-bond acceptors (Lipinski definition) is 4. The van der Waals surface area contributed by atoms with E-state index in [2.05, 4.69) is 0 Å². The Bertz CT molecular complexity index is 454. The Labute approximate surface area is 132 Å². The summed E-state index contributed by atoms with van der Waals surface area (Å²) in [6, 6.07) is 0. The summed E-state index contributed by atoms with van der Waals surface area (Å²) in [5.74, 6) is -0.224. The standard InChI is InChI=1S/C17H27NO4/c1-11(2)14-10-16(21)18(17(14)22)9-5-6-13(19)7-8-15(20)12(3)4/h11-12,14H,5-10H2,1-4H3. The lowest BCUT2D eigenvalue weighted by Gasteiger charge is -2.16. The third kappa shape index (κ3) is 5.04. The number of carbonyl (C=O) groups is 4. The van der Waals surface area contributed by atoms with Gasteiger partial charge in [-0.15, -0.1) is 0 Å². The Kier molecular flexibility index (Phi) is 6.91. The number of carbonyl (C=O) groups excluding carboxylic acids is 4. The molecule has 1 saturated heterocycles. The fourth-order valence-corrected chi connectivity index (χ4v) is 2.58. The van der Waals surface area contributed by atoms with Gasteiger partial charge in [0.2, 0.25) is 11.8 Å². The van der Waals surface area contributed by atoms with Crippen molar-refractivity contribution < 1.29 is 19.2 Å². The van der Waals surface area contributed by atoms with Crippen LogP contribution in [0, 0.1) is 17.8 Å². The second-order valence-electron chi connectivity index (χ2n) is 6.70. The van der Waals surface area contributed by atoms with E-state index < -0.39 is 0 Å². The molecule has 1 atom stereocenters. The van der Waals surface area contributed by atoms with E-state index in [0.717, 1.165) is 0 Å². The van der Waals surface area contributed by atoms with Crippen molar-refractivity contribution in [1.82, 2.24) is 4.90 Å². The topological polar surface area (TPSA) is 71.5 Å². The minimum atomic E-state index is -0.216. The van der Waals surface area contributed by atoms with Crippen LogP contribution >= 0.6 is 0 Å². The maximum atomic E-state index is 12.1. The Morgan fingerprint density at radius 3 is 2.23 bits per heavy atom.